The van der Waals surface area contributed by atoms with Crippen LogP contribution in [0.1, 0.15) is 49.4 Å². The highest BCUT2D eigenvalue weighted by Gasteiger charge is 2.23. The van der Waals surface area contributed by atoms with Crippen LogP contribution >= 0.6 is 0 Å². The minimum Gasteiger partial charge on any atom is -0.345 e. The van der Waals surface area contributed by atoms with Gasteiger partial charge in [-0.1, -0.05) is 0 Å². The summed E-state index contributed by atoms with van der Waals surface area (Å²) in [7, 11) is 0. The number of benzene rings is 1. The van der Waals surface area contributed by atoms with Crippen LogP contribution in [0.4, 0.5) is 0 Å². The third kappa shape index (κ3) is 4.66. The van der Waals surface area contributed by atoms with E-state index in [1.807, 2.05) is 30.9 Å². The molecule has 1 fully saturated rings. The van der Waals surface area contributed by atoms with E-state index in [-0.39, 0.29) is 30.3 Å². The zero-order valence-corrected chi connectivity index (χ0v) is 17.7. The number of nitrogens with zero attached hydrogens (tertiary/aromatic N) is 3. The summed E-state index contributed by atoms with van der Waals surface area (Å²) in [5.74, 6) is -0.271. The number of aryl methyl sites for hydroxylation is 4. The molecule has 0 spiro atoms. The highest BCUT2D eigenvalue weighted by Crippen LogP contribution is 2.17. The number of likely N-dealkylation sites (tertiary alicyclic amines) is 1. The van der Waals surface area contributed by atoms with Gasteiger partial charge in [0.1, 0.15) is 11.7 Å². The lowest BCUT2D eigenvalue weighted by molar-refractivity contribution is -0.136. The van der Waals surface area contributed by atoms with E-state index in [9.17, 15) is 14.4 Å². The van der Waals surface area contributed by atoms with Gasteiger partial charge < -0.3 is 14.8 Å². The number of nitrogens with one attached hydrogen (secondary N) is 1. The fraction of sp³-hybridized carbons (Fsp3) is 0.545. The number of carbonyl (C=O) groups is 2. The molecule has 1 N–H and O–H groups in total. The molecule has 3 rings (SSSR count). The van der Waals surface area contributed by atoms with Gasteiger partial charge in [0.05, 0.1) is 11.0 Å². The predicted molar refractivity (Wildman–Crippen MR) is 113 cm³/mol. The Bertz CT molecular complexity index is 990. The van der Waals surface area contributed by atoms with Gasteiger partial charge in [0.25, 0.3) is 5.56 Å². The number of amides is 2. The van der Waals surface area contributed by atoms with Crippen LogP contribution < -0.4 is 10.9 Å². The molecular weight excluding hydrogens is 368 g/mol. The first-order chi connectivity index (χ1) is 13.8. The molecule has 0 saturated carbocycles. The van der Waals surface area contributed by atoms with Crippen LogP contribution in [-0.4, -0.2) is 45.4 Å². The van der Waals surface area contributed by atoms with Crippen LogP contribution in [-0.2, 0) is 16.1 Å². The lowest BCUT2D eigenvalue weighted by Crippen LogP contribution is -2.48. The van der Waals surface area contributed by atoms with Crippen LogP contribution in [0.5, 0.6) is 0 Å². The number of fused-ring (bicyclic) bond motifs is 1. The van der Waals surface area contributed by atoms with Gasteiger partial charge in [0, 0.05) is 26.1 Å². The van der Waals surface area contributed by atoms with E-state index in [2.05, 4.69) is 10.3 Å². The minimum atomic E-state index is -0.557. The second-order valence-corrected chi connectivity index (χ2v) is 8.00. The summed E-state index contributed by atoms with van der Waals surface area (Å²) in [4.78, 5) is 43.8. The van der Waals surface area contributed by atoms with Gasteiger partial charge in [-0.25, -0.2) is 4.98 Å². The maximum atomic E-state index is 12.6. The Morgan fingerprint density at radius 2 is 1.76 bits per heavy atom. The quantitative estimate of drug-likeness (QED) is 0.837. The van der Waals surface area contributed by atoms with Crippen molar-refractivity contribution in [1.29, 1.82) is 0 Å². The van der Waals surface area contributed by atoms with Crippen molar-refractivity contribution in [3.05, 3.63) is 39.3 Å². The second kappa shape index (κ2) is 8.76. The molecule has 0 radical (unpaired) electrons. The lowest BCUT2D eigenvalue weighted by atomic mass is 10.1. The summed E-state index contributed by atoms with van der Waals surface area (Å²) in [5.41, 5.74) is 3.88. The van der Waals surface area contributed by atoms with Crippen LogP contribution in [0.15, 0.2) is 16.9 Å². The Hall–Kier alpha value is -2.70. The van der Waals surface area contributed by atoms with Gasteiger partial charge in [-0.3, -0.25) is 14.4 Å². The van der Waals surface area contributed by atoms with Crippen LogP contribution in [0.2, 0.25) is 0 Å². The maximum Gasteiger partial charge on any atom is 0.272 e. The van der Waals surface area contributed by atoms with Crippen LogP contribution in [0.25, 0.3) is 11.0 Å². The molecule has 2 amide bonds. The monoisotopic (exact) mass is 398 g/mol. The van der Waals surface area contributed by atoms with Crippen molar-refractivity contribution in [2.24, 2.45) is 0 Å². The molecule has 1 aromatic heterocycles. The number of rotatable bonds is 5. The normalized spacial score (nSPS) is 15.4. The van der Waals surface area contributed by atoms with Gasteiger partial charge in [-0.05, 0) is 70.2 Å². The second-order valence-electron chi connectivity index (χ2n) is 8.00. The van der Waals surface area contributed by atoms with E-state index in [4.69, 9.17) is 0 Å². The van der Waals surface area contributed by atoms with Crippen molar-refractivity contribution in [2.45, 2.75) is 66.0 Å². The van der Waals surface area contributed by atoms with E-state index >= 15 is 0 Å². The summed E-state index contributed by atoms with van der Waals surface area (Å²) >= 11 is 0. The lowest BCUT2D eigenvalue weighted by Gasteiger charge is -2.29. The van der Waals surface area contributed by atoms with Crippen molar-refractivity contribution in [3.63, 3.8) is 0 Å². The Morgan fingerprint density at radius 3 is 2.45 bits per heavy atom. The summed E-state index contributed by atoms with van der Waals surface area (Å²) in [6, 6.07) is 3.35. The van der Waals surface area contributed by atoms with E-state index < -0.39 is 6.04 Å². The van der Waals surface area contributed by atoms with Crippen molar-refractivity contribution in [2.75, 3.05) is 13.1 Å². The first kappa shape index (κ1) is 21.0. The van der Waals surface area contributed by atoms with E-state index in [1.165, 1.54) is 0 Å². The molecule has 1 saturated heterocycles. The predicted octanol–water partition coefficient (Wildman–Crippen LogP) is 2.23. The highest BCUT2D eigenvalue weighted by molar-refractivity contribution is 5.87. The molecule has 1 aromatic carbocycles. The Kier molecular flexibility index (Phi) is 6.35. The molecule has 1 atom stereocenters. The van der Waals surface area contributed by atoms with Crippen molar-refractivity contribution in [1.82, 2.24) is 19.8 Å². The summed E-state index contributed by atoms with van der Waals surface area (Å²) in [6.07, 6.45) is 3.31. The van der Waals surface area contributed by atoms with Gasteiger partial charge in [0.15, 0.2) is 0 Å². The number of hydrogen-bond donors (Lipinski definition) is 1. The summed E-state index contributed by atoms with van der Waals surface area (Å²) < 4.78 is 1.61. The van der Waals surface area contributed by atoms with E-state index in [0.29, 0.717) is 5.69 Å². The third-order valence-corrected chi connectivity index (χ3v) is 5.70. The van der Waals surface area contributed by atoms with Crippen molar-refractivity contribution < 1.29 is 9.59 Å². The average molecular weight is 399 g/mol. The Morgan fingerprint density at radius 1 is 1.10 bits per heavy atom. The Balaban J connectivity index is 1.70. The number of piperidine rings is 1. The van der Waals surface area contributed by atoms with Crippen LogP contribution in [0, 0.1) is 20.8 Å². The fourth-order valence-corrected chi connectivity index (χ4v) is 3.82. The van der Waals surface area contributed by atoms with Crippen molar-refractivity contribution in [3.8, 4) is 0 Å². The average Bonchev–Trinajstić information content (AvgIpc) is 2.70. The van der Waals surface area contributed by atoms with E-state index in [0.717, 1.165) is 54.5 Å². The van der Waals surface area contributed by atoms with Gasteiger partial charge >= 0.3 is 0 Å². The van der Waals surface area contributed by atoms with Gasteiger partial charge in [0.2, 0.25) is 11.8 Å². The van der Waals surface area contributed by atoms with Crippen LogP contribution in [0.3, 0.4) is 0 Å². The van der Waals surface area contributed by atoms with Gasteiger partial charge in [-0.15, -0.1) is 0 Å². The van der Waals surface area contributed by atoms with Crippen molar-refractivity contribution >= 4 is 22.8 Å². The zero-order chi connectivity index (χ0) is 21.1. The largest absolute Gasteiger partial charge is 0.345 e. The van der Waals surface area contributed by atoms with E-state index in [1.54, 1.807) is 18.4 Å². The standard InChI is InChI=1S/C22H30N4O3/c1-14-12-18-19(13-15(14)2)26(22(29)17(4)23-18)11-8-20(27)24-16(3)21(28)25-9-6-5-7-10-25/h12-13,16H,5-11H2,1-4H3,(H,24,27)/t16-/m0/s1. The molecule has 1 aliphatic rings. The smallest absolute Gasteiger partial charge is 0.272 e. The molecule has 7 heteroatoms. The number of aromatic nitrogens is 2. The zero-order valence-electron chi connectivity index (χ0n) is 17.7. The molecule has 29 heavy (non-hydrogen) atoms. The number of hydrogen-bond acceptors (Lipinski definition) is 4. The SMILES string of the molecule is Cc1cc2nc(C)c(=O)n(CCC(=O)N[C@@H](C)C(=O)N3CCCCC3)c2cc1C. The third-order valence-electron chi connectivity index (χ3n) is 5.70. The topological polar surface area (TPSA) is 84.3 Å². The molecule has 2 aromatic rings. The minimum absolute atomic E-state index is 0.0356. The Labute approximate surface area is 171 Å². The summed E-state index contributed by atoms with van der Waals surface area (Å²) in [6.45, 7) is 9.17. The molecule has 0 aliphatic carbocycles. The molecule has 1 aliphatic heterocycles. The van der Waals surface area contributed by atoms with Gasteiger partial charge in [-0.2, -0.15) is 0 Å². The molecule has 2 heterocycles. The molecule has 0 bridgehead atoms. The maximum absolute atomic E-state index is 12.6. The highest BCUT2D eigenvalue weighted by atomic mass is 16.2. The fourth-order valence-electron chi connectivity index (χ4n) is 3.82. The molecule has 7 nitrogen and oxygen atoms in total. The molecule has 156 valence electrons. The number of carbonyl (C=O) groups excluding carboxylic acids is 2. The summed E-state index contributed by atoms with van der Waals surface area (Å²) in [5, 5.41) is 2.79. The first-order valence-electron chi connectivity index (χ1n) is 10.3. The first-order valence-corrected chi connectivity index (χ1v) is 10.3. The molecular formula is C22H30N4O3. The molecule has 0 unspecified atom stereocenters.